The number of nitrogens with two attached hydrogens (primary N) is 1. The lowest BCUT2D eigenvalue weighted by Crippen LogP contribution is -2.74. The lowest BCUT2D eigenvalue weighted by molar-refractivity contribution is -0.162. The molecule has 1 aromatic heterocycles. The molecule has 4 N–H and O–H groups in total. The van der Waals surface area contributed by atoms with E-state index in [2.05, 4.69) is 25.0 Å². The molecule has 1 aliphatic heterocycles. The van der Waals surface area contributed by atoms with Gasteiger partial charge in [0.2, 0.25) is 0 Å². The molecule has 0 bridgehead atoms. The number of oxime groups is 1. The van der Waals surface area contributed by atoms with E-state index < -0.39 is 45.9 Å². The Bertz CT molecular complexity index is 929. The van der Waals surface area contributed by atoms with Gasteiger partial charge in [0, 0.05) is 0 Å². The summed E-state index contributed by atoms with van der Waals surface area (Å²) in [7, 11) is -2.99. The maximum Gasteiger partial charge on any atom is 0.363 e. The van der Waals surface area contributed by atoms with Crippen molar-refractivity contribution in [3.05, 3.63) is 10.0 Å². The van der Waals surface area contributed by atoms with Gasteiger partial charge in [0.15, 0.2) is 16.9 Å². The Morgan fingerprint density at radius 1 is 1.44 bits per heavy atom. The number of thiazole rings is 1. The Morgan fingerprint density at radius 2 is 2.07 bits per heavy atom. The minimum atomic E-state index is -5.05. The van der Waals surface area contributed by atoms with Crippen LogP contribution >= 0.6 is 22.9 Å². The molecule has 2 heterocycles. The molecule has 1 aliphatic rings. The summed E-state index contributed by atoms with van der Waals surface area (Å²) in [4.78, 5) is 44.6. The first kappa shape index (κ1) is 20.8. The number of halogens is 1. The van der Waals surface area contributed by atoms with Crippen LogP contribution in [0.5, 0.6) is 0 Å². The highest BCUT2D eigenvalue weighted by molar-refractivity contribution is 7.84. The summed E-state index contributed by atoms with van der Waals surface area (Å²) < 4.78 is 35.8. The van der Waals surface area contributed by atoms with Crippen LogP contribution in [0.1, 0.15) is 5.69 Å². The zero-order valence-corrected chi connectivity index (χ0v) is 16.0. The predicted molar refractivity (Wildman–Crippen MR) is 91.2 cm³/mol. The van der Waals surface area contributed by atoms with E-state index in [1.807, 2.05) is 0 Å². The molecule has 1 aromatic rings. The molecule has 0 radical (unpaired) electrons. The Kier molecular flexibility index (Phi) is 5.88. The standard InChI is InChI=1S/C11H12ClN5O8S2/c1-24-10(20)6-5(9(19)17(6)27(21,22)23)14-8(18)4(16-25-2)3-7(12)26-11(13)15-3/h5-6H,1-2H3,(H2,13,15)(H,14,18)(H,21,22,23)/t5-,6-/m0/s1. The number of ether oxygens (including phenoxy) is 1. The van der Waals surface area contributed by atoms with E-state index in [1.54, 1.807) is 0 Å². The number of aromatic nitrogens is 1. The van der Waals surface area contributed by atoms with Crippen molar-refractivity contribution in [2.75, 3.05) is 20.0 Å². The van der Waals surface area contributed by atoms with E-state index in [9.17, 15) is 22.8 Å². The second-order valence-electron chi connectivity index (χ2n) is 4.83. The highest BCUT2D eigenvalue weighted by Crippen LogP contribution is 2.28. The number of β-lactam (4-membered cyclic amide) rings is 1. The zero-order valence-electron chi connectivity index (χ0n) is 13.6. The Hall–Kier alpha value is -2.49. The molecule has 0 aliphatic carbocycles. The van der Waals surface area contributed by atoms with Crippen molar-refractivity contribution >= 4 is 61.9 Å². The maximum absolute atomic E-state index is 12.5. The molecule has 0 saturated carbocycles. The lowest BCUT2D eigenvalue weighted by Gasteiger charge is -2.41. The van der Waals surface area contributed by atoms with Gasteiger partial charge < -0.3 is 20.6 Å². The minimum absolute atomic E-state index is 0.00228. The normalized spacial score (nSPS) is 20.1. The Labute approximate surface area is 160 Å². The van der Waals surface area contributed by atoms with Crippen LogP contribution < -0.4 is 11.1 Å². The van der Waals surface area contributed by atoms with Crippen LogP contribution in [0.25, 0.3) is 0 Å². The summed E-state index contributed by atoms with van der Waals surface area (Å²) in [5, 5.41) is 5.59. The number of nitrogens with one attached hydrogen (secondary N) is 1. The number of carbonyl (C=O) groups excluding carboxylic acids is 3. The molecule has 1 fully saturated rings. The third-order valence-corrected chi connectivity index (χ3v) is 5.24. The molecule has 2 amide bonds. The Balaban J connectivity index is 2.32. The number of hydrogen-bond donors (Lipinski definition) is 3. The van der Waals surface area contributed by atoms with E-state index in [4.69, 9.17) is 21.9 Å². The fourth-order valence-corrected chi connectivity index (χ4v) is 3.93. The van der Waals surface area contributed by atoms with Crippen LogP contribution in [-0.2, 0) is 34.3 Å². The van der Waals surface area contributed by atoms with Crippen LogP contribution in [-0.4, -0.2) is 72.1 Å². The number of carbonyl (C=O) groups is 3. The second-order valence-corrected chi connectivity index (χ2v) is 7.75. The largest absolute Gasteiger partial charge is 0.467 e. The van der Waals surface area contributed by atoms with Crippen LogP contribution in [0, 0.1) is 0 Å². The molecule has 2 rings (SSSR count). The topological polar surface area (TPSA) is 191 Å². The SMILES string of the molecule is CON=C(C(=O)N[C@@H]1C(=O)N(S(=O)(=O)O)[C@@H]1C(=O)OC)c1nc(N)sc1Cl. The summed E-state index contributed by atoms with van der Waals surface area (Å²) in [5.74, 6) is -3.51. The van der Waals surface area contributed by atoms with Gasteiger partial charge >= 0.3 is 16.3 Å². The third kappa shape index (κ3) is 3.95. The summed E-state index contributed by atoms with van der Waals surface area (Å²) in [6.45, 7) is 0. The van der Waals surface area contributed by atoms with E-state index >= 15 is 0 Å². The van der Waals surface area contributed by atoms with Crippen molar-refractivity contribution in [2.45, 2.75) is 12.1 Å². The highest BCUT2D eigenvalue weighted by Gasteiger charge is 2.58. The lowest BCUT2D eigenvalue weighted by atomic mass is 9.98. The molecule has 13 nitrogen and oxygen atoms in total. The van der Waals surface area contributed by atoms with Gasteiger partial charge in [-0.1, -0.05) is 28.1 Å². The summed E-state index contributed by atoms with van der Waals surface area (Å²) in [6.07, 6.45) is 0. The van der Waals surface area contributed by atoms with Gasteiger partial charge in [-0.2, -0.15) is 12.7 Å². The van der Waals surface area contributed by atoms with Gasteiger partial charge in [0.25, 0.3) is 11.8 Å². The molecule has 148 valence electrons. The van der Waals surface area contributed by atoms with E-state index in [-0.39, 0.29) is 19.5 Å². The number of nitrogens with zero attached hydrogens (tertiary/aromatic N) is 3. The molecule has 1 saturated heterocycles. The summed E-state index contributed by atoms with van der Waals surface area (Å²) in [6, 6.07) is -3.45. The fourth-order valence-electron chi connectivity index (χ4n) is 2.17. The van der Waals surface area contributed by atoms with Gasteiger partial charge in [0.05, 0.1) is 7.11 Å². The molecular weight excluding hydrogens is 430 g/mol. The van der Waals surface area contributed by atoms with Gasteiger partial charge in [0.1, 0.15) is 23.2 Å². The van der Waals surface area contributed by atoms with Gasteiger partial charge in [-0.3, -0.25) is 14.1 Å². The fraction of sp³-hybridized carbons (Fsp3) is 0.364. The average molecular weight is 442 g/mol. The van der Waals surface area contributed by atoms with Crippen LogP contribution in [0.3, 0.4) is 0 Å². The molecule has 0 aromatic carbocycles. The first-order valence-electron chi connectivity index (χ1n) is 6.75. The number of nitrogen functional groups attached to an aromatic ring is 1. The number of methoxy groups -OCH3 is 1. The van der Waals surface area contributed by atoms with Crippen molar-refractivity contribution in [1.29, 1.82) is 0 Å². The van der Waals surface area contributed by atoms with Crippen molar-refractivity contribution < 1.29 is 36.9 Å². The molecule has 0 spiro atoms. The van der Waals surface area contributed by atoms with Crippen LogP contribution in [0.4, 0.5) is 5.13 Å². The minimum Gasteiger partial charge on any atom is -0.467 e. The molecular formula is C11H12ClN5O8S2. The summed E-state index contributed by atoms with van der Waals surface area (Å²) >= 11 is 6.76. The van der Waals surface area contributed by atoms with Gasteiger partial charge in [-0.05, 0) is 0 Å². The van der Waals surface area contributed by atoms with Crippen LogP contribution in [0.2, 0.25) is 4.34 Å². The second kappa shape index (κ2) is 7.63. The summed E-state index contributed by atoms with van der Waals surface area (Å²) in [5.41, 5.74) is 4.88. The van der Waals surface area contributed by atoms with E-state index in [0.717, 1.165) is 25.6 Å². The zero-order chi connectivity index (χ0) is 20.5. The number of rotatable bonds is 6. The molecule has 2 atom stereocenters. The molecule has 0 unspecified atom stereocenters. The smallest absolute Gasteiger partial charge is 0.363 e. The maximum atomic E-state index is 12.5. The first-order valence-corrected chi connectivity index (χ1v) is 9.34. The van der Waals surface area contributed by atoms with Crippen molar-refractivity contribution in [1.82, 2.24) is 14.6 Å². The number of esters is 1. The molecule has 16 heteroatoms. The van der Waals surface area contributed by atoms with Crippen molar-refractivity contribution in [3.63, 3.8) is 0 Å². The van der Waals surface area contributed by atoms with E-state index in [0.29, 0.717) is 0 Å². The highest BCUT2D eigenvalue weighted by atomic mass is 35.5. The number of hydrogen-bond acceptors (Lipinski definition) is 11. The number of amides is 2. The quantitative estimate of drug-likeness (QED) is 0.152. The first-order chi connectivity index (χ1) is 12.5. The van der Waals surface area contributed by atoms with Gasteiger partial charge in [-0.25, -0.2) is 9.78 Å². The third-order valence-electron chi connectivity index (χ3n) is 3.25. The van der Waals surface area contributed by atoms with Crippen molar-refractivity contribution in [2.24, 2.45) is 5.16 Å². The van der Waals surface area contributed by atoms with Crippen molar-refractivity contribution in [3.8, 4) is 0 Å². The van der Waals surface area contributed by atoms with Gasteiger partial charge in [-0.15, -0.1) is 0 Å². The Morgan fingerprint density at radius 3 is 2.52 bits per heavy atom. The van der Waals surface area contributed by atoms with E-state index in [1.165, 1.54) is 0 Å². The predicted octanol–water partition coefficient (Wildman–Crippen LogP) is -1.60. The number of anilines is 1. The van der Waals surface area contributed by atoms with Crippen LogP contribution in [0.15, 0.2) is 5.16 Å². The monoisotopic (exact) mass is 441 g/mol. The average Bonchev–Trinajstić information content (AvgIpc) is 2.90. The molecule has 27 heavy (non-hydrogen) atoms.